The van der Waals surface area contributed by atoms with Crippen LogP contribution in [0.1, 0.15) is 41.4 Å². The minimum absolute atomic E-state index is 0.0302. The average Bonchev–Trinajstić information content (AvgIpc) is 2.54. The number of carbonyl (C=O) groups is 4. The number of hydrogen-bond acceptors (Lipinski definition) is 4. The van der Waals surface area contributed by atoms with Crippen molar-refractivity contribution in [1.82, 2.24) is 0 Å². The van der Waals surface area contributed by atoms with Gasteiger partial charge in [0.1, 0.15) is 0 Å². The lowest BCUT2D eigenvalue weighted by Gasteiger charge is -2.09. The number of carboxylic acids is 3. The highest BCUT2D eigenvalue weighted by Gasteiger charge is 2.19. The fourth-order valence-electron chi connectivity index (χ4n) is 2.05. The predicted octanol–water partition coefficient (Wildman–Crippen LogP) is 2.03. The second kappa shape index (κ2) is 6.61. The maximum absolute atomic E-state index is 12.2. The Bertz CT molecular complexity index is 857. The highest BCUT2D eigenvalue weighted by atomic mass is 16.4. The highest BCUT2D eigenvalue weighted by Crippen LogP contribution is 2.18. The number of carboxylic acid groups (broad SMARTS) is 3. The van der Waals surface area contributed by atoms with Gasteiger partial charge in [0.2, 0.25) is 0 Å². The zero-order valence-electron chi connectivity index (χ0n) is 12.0. The molecule has 0 aromatic heterocycles. The van der Waals surface area contributed by atoms with Crippen LogP contribution in [-0.2, 0) is 0 Å². The molecular formula is C16H11NO7. The molecule has 8 nitrogen and oxygen atoms in total. The molecule has 1 amide bonds. The summed E-state index contributed by atoms with van der Waals surface area (Å²) in [7, 11) is 0. The van der Waals surface area contributed by atoms with Gasteiger partial charge in [0, 0.05) is 5.69 Å². The van der Waals surface area contributed by atoms with Crippen LogP contribution >= 0.6 is 0 Å². The lowest BCUT2D eigenvalue weighted by atomic mass is 10.1. The molecule has 0 radical (unpaired) electrons. The molecule has 2 rings (SSSR count). The van der Waals surface area contributed by atoms with Gasteiger partial charge in [-0.1, -0.05) is 12.1 Å². The van der Waals surface area contributed by atoms with Crippen molar-refractivity contribution in [2.45, 2.75) is 0 Å². The van der Waals surface area contributed by atoms with E-state index in [2.05, 4.69) is 5.32 Å². The quantitative estimate of drug-likeness (QED) is 0.657. The zero-order valence-corrected chi connectivity index (χ0v) is 12.0. The van der Waals surface area contributed by atoms with E-state index in [4.69, 9.17) is 15.3 Å². The van der Waals surface area contributed by atoms with E-state index >= 15 is 0 Å². The van der Waals surface area contributed by atoms with E-state index in [9.17, 15) is 19.2 Å². The van der Waals surface area contributed by atoms with Crippen LogP contribution in [-0.4, -0.2) is 39.1 Å². The molecule has 0 saturated carbocycles. The third-order valence-electron chi connectivity index (χ3n) is 3.14. The molecule has 0 heterocycles. The number of nitrogens with one attached hydrogen (secondary N) is 1. The van der Waals surface area contributed by atoms with Gasteiger partial charge in [0.05, 0.1) is 22.3 Å². The number of benzene rings is 2. The number of amides is 1. The van der Waals surface area contributed by atoms with E-state index in [0.29, 0.717) is 0 Å². The molecule has 0 aliphatic carbocycles. The molecule has 8 heteroatoms. The Kier molecular flexibility index (Phi) is 4.60. The summed E-state index contributed by atoms with van der Waals surface area (Å²) in [4.78, 5) is 45.4. The molecule has 122 valence electrons. The van der Waals surface area contributed by atoms with E-state index in [1.165, 1.54) is 30.3 Å². The Morgan fingerprint density at radius 2 is 1.17 bits per heavy atom. The number of anilines is 1. The van der Waals surface area contributed by atoms with Gasteiger partial charge in [-0.25, -0.2) is 14.4 Å². The molecule has 0 unspecified atom stereocenters. The smallest absolute Gasteiger partial charge is 0.336 e. The van der Waals surface area contributed by atoms with Gasteiger partial charge in [0.25, 0.3) is 5.91 Å². The number of rotatable bonds is 5. The van der Waals surface area contributed by atoms with Crippen molar-refractivity contribution in [2.24, 2.45) is 0 Å². The topological polar surface area (TPSA) is 141 Å². The van der Waals surface area contributed by atoms with Crippen molar-refractivity contribution in [3.63, 3.8) is 0 Å². The van der Waals surface area contributed by atoms with Crippen LogP contribution in [0.25, 0.3) is 0 Å². The fraction of sp³-hybridized carbons (Fsp3) is 0. The number of carbonyl (C=O) groups excluding carboxylic acids is 1. The number of aromatic carboxylic acids is 3. The van der Waals surface area contributed by atoms with E-state index in [1.807, 2.05) is 0 Å². The van der Waals surface area contributed by atoms with Crippen molar-refractivity contribution in [1.29, 1.82) is 0 Å². The third-order valence-corrected chi connectivity index (χ3v) is 3.14. The third kappa shape index (κ3) is 3.38. The van der Waals surface area contributed by atoms with Gasteiger partial charge in [-0.2, -0.15) is 0 Å². The summed E-state index contributed by atoms with van der Waals surface area (Å²) in [6.45, 7) is 0. The maximum Gasteiger partial charge on any atom is 0.336 e. The van der Waals surface area contributed by atoms with Crippen LogP contribution in [0.2, 0.25) is 0 Å². The van der Waals surface area contributed by atoms with Crippen molar-refractivity contribution < 1.29 is 34.5 Å². The average molecular weight is 329 g/mol. The summed E-state index contributed by atoms with van der Waals surface area (Å²) in [5, 5.41) is 29.4. The molecule has 24 heavy (non-hydrogen) atoms. The first-order valence-electron chi connectivity index (χ1n) is 6.55. The molecule has 0 fully saturated rings. The Morgan fingerprint density at radius 1 is 0.667 bits per heavy atom. The van der Waals surface area contributed by atoms with Gasteiger partial charge in [-0.15, -0.1) is 0 Å². The summed E-state index contributed by atoms with van der Waals surface area (Å²) >= 11 is 0. The first kappa shape index (κ1) is 16.7. The summed E-state index contributed by atoms with van der Waals surface area (Å²) in [5.74, 6) is -4.92. The summed E-state index contributed by atoms with van der Waals surface area (Å²) in [6.07, 6.45) is 0. The van der Waals surface area contributed by atoms with E-state index in [1.54, 1.807) is 0 Å². The molecule has 2 aromatic rings. The lowest BCUT2D eigenvalue weighted by Crippen LogP contribution is -2.17. The second-order valence-corrected chi connectivity index (χ2v) is 4.68. The van der Waals surface area contributed by atoms with Gasteiger partial charge in [-0.3, -0.25) is 4.79 Å². The SMILES string of the molecule is O=C(O)c1ccc(NC(=O)c2ccccc2C(=O)O)cc1C(=O)O. The van der Waals surface area contributed by atoms with Crippen LogP contribution < -0.4 is 5.32 Å². The monoisotopic (exact) mass is 329 g/mol. The van der Waals surface area contributed by atoms with Gasteiger partial charge < -0.3 is 20.6 Å². The molecule has 4 N–H and O–H groups in total. The zero-order chi connectivity index (χ0) is 17.9. The Labute approximate surface area is 135 Å². The summed E-state index contributed by atoms with van der Waals surface area (Å²) in [6, 6.07) is 8.77. The molecule has 0 saturated heterocycles. The molecule has 0 aliphatic rings. The van der Waals surface area contributed by atoms with E-state index in [-0.39, 0.29) is 16.8 Å². The standard InChI is InChI=1S/C16H11NO7/c18-13(9-3-1-2-4-10(9)14(19)20)17-8-5-6-11(15(21)22)12(7-8)16(23)24/h1-7H,(H,17,18)(H,19,20)(H,21,22)(H,23,24). The highest BCUT2D eigenvalue weighted by molar-refractivity contribution is 6.11. The van der Waals surface area contributed by atoms with Crippen LogP contribution in [0.3, 0.4) is 0 Å². The van der Waals surface area contributed by atoms with E-state index < -0.39 is 34.9 Å². The molecule has 0 bridgehead atoms. The van der Waals surface area contributed by atoms with Gasteiger partial charge >= 0.3 is 17.9 Å². The minimum Gasteiger partial charge on any atom is -0.478 e. The van der Waals surface area contributed by atoms with Gasteiger partial charge in [0.15, 0.2) is 0 Å². The van der Waals surface area contributed by atoms with Crippen molar-refractivity contribution in [3.8, 4) is 0 Å². The number of hydrogen-bond donors (Lipinski definition) is 4. The maximum atomic E-state index is 12.2. The normalized spacial score (nSPS) is 10.0. The second-order valence-electron chi connectivity index (χ2n) is 4.68. The van der Waals surface area contributed by atoms with Crippen molar-refractivity contribution in [3.05, 3.63) is 64.7 Å². The molecule has 0 atom stereocenters. The first-order valence-corrected chi connectivity index (χ1v) is 6.55. The lowest BCUT2D eigenvalue weighted by molar-refractivity contribution is 0.0651. The van der Waals surface area contributed by atoms with Crippen LogP contribution in [0, 0.1) is 0 Å². The minimum atomic E-state index is -1.46. The van der Waals surface area contributed by atoms with Crippen molar-refractivity contribution in [2.75, 3.05) is 5.32 Å². The Morgan fingerprint density at radius 3 is 1.71 bits per heavy atom. The molecule has 0 spiro atoms. The van der Waals surface area contributed by atoms with E-state index in [0.717, 1.165) is 12.1 Å². The Hall–Kier alpha value is -3.68. The largest absolute Gasteiger partial charge is 0.478 e. The Balaban J connectivity index is 2.37. The fourth-order valence-corrected chi connectivity index (χ4v) is 2.05. The van der Waals surface area contributed by atoms with Crippen LogP contribution in [0.4, 0.5) is 5.69 Å². The predicted molar refractivity (Wildman–Crippen MR) is 81.7 cm³/mol. The summed E-state index contributed by atoms with van der Waals surface area (Å²) in [5.41, 5.74) is -1.21. The molecular weight excluding hydrogens is 318 g/mol. The molecule has 0 aliphatic heterocycles. The first-order chi connectivity index (χ1) is 11.3. The van der Waals surface area contributed by atoms with Crippen molar-refractivity contribution >= 4 is 29.5 Å². The van der Waals surface area contributed by atoms with Crippen LogP contribution in [0.5, 0.6) is 0 Å². The molecule has 2 aromatic carbocycles. The van der Waals surface area contributed by atoms with Crippen LogP contribution in [0.15, 0.2) is 42.5 Å². The summed E-state index contributed by atoms with van der Waals surface area (Å²) < 4.78 is 0. The van der Waals surface area contributed by atoms with Gasteiger partial charge in [-0.05, 0) is 30.3 Å².